The Morgan fingerprint density at radius 2 is 1.60 bits per heavy atom. The van der Waals surface area contributed by atoms with Crippen molar-refractivity contribution in [1.29, 1.82) is 0 Å². The third-order valence-corrected chi connectivity index (χ3v) is 2.34. The van der Waals surface area contributed by atoms with Gasteiger partial charge in [0.05, 0.1) is 0 Å². The van der Waals surface area contributed by atoms with Gasteiger partial charge >= 0.3 is 0 Å². The van der Waals surface area contributed by atoms with E-state index in [4.69, 9.17) is 0 Å². The minimum atomic E-state index is 0.617. The van der Waals surface area contributed by atoms with Gasteiger partial charge in [0.15, 0.2) is 0 Å². The maximum absolute atomic E-state index is 10.4. The highest BCUT2D eigenvalue weighted by molar-refractivity contribution is 5.76. The van der Waals surface area contributed by atoms with E-state index in [1.165, 1.54) is 5.69 Å². The molecule has 2 nitrogen and oxygen atoms in total. The zero-order valence-electron chi connectivity index (χ0n) is 9.49. The summed E-state index contributed by atoms with van der Waals surface area (Å²) in [7, 11) is 0. The average Bonchev–Trinajstić information content (AvgIpc) is 2.29. The fourth-order valence-electron chi connectivity index (χ4n) is 1.65. The van der Waals surface area contributed by atoms with Gasteiger partial charge in [-0.3, -0.25) is 4.79 Å². The van der Waals surface area contributed by atoms with Crippen molar-refractivity contribution < 1.29 is 4.79 Å². The Labute approximate surface area is 91.9 Å². The molecule has 0 spiro atoms. The molecule has 15 heavy (non-hydrogen) atoms. The van der Waals surface area contributed by atoms with Crippen LogP contribution in [0.25, 0.3) is 0 Å². The van der Waals surface area contributed by atoms with Crippen molar-refractivity contribution in [2.24, 2.45) is 0 Å². The molecule has 0 atom stereocenters. The lowest BCUT2D eigenvalue weighted by Gasteiger charge is -2.23. The van der Waals surface area contributed by atoms with E-state index in [0.717, 1.165) is 25.9 Å². The maximum Gasteiger partial charge on any atom is 0.233 e. The van der Waals surface area contributed by atoms with Crippen LogP contribution in [-0.4, -0.2) is 19.4 Å². The summed E-state index contributed by atoms with van der Waals surface area (Å²) in [5, 5.41) is 0. The van der Waals surface area contributed by atoms with Crippen LogP contribution in [0, 0.1) is 0 Å². The zero-order chi connectivity index (χ0) is 11.1. The van der Waals surface area contributed by atoms with Gasteiger partial charge in [0.25, 0.3) is 0 Å². The molecule has 0 saturated carbocycles. The van der Waals surface area contributed by atoms with Crippen LogP contribution in [0.15, 0.2) is 24.3 Å². The molecule has 1 aromatic carbocycles. The summed E-state index contributed by atoms with van der Waals surface area (Å²) in [5.74, 6) is 0. The number of carbonyl (C=O) groups excluding carboxylic acids is 1. The second kappa shape index (κ2) is 6.23. The maximum atomic E-state index is 10.4. The lowest BCUT2D eigenvalue weighted by molar-refractivity contribution is 0.563. The van der Waals surface area contributed by atoms with Crippen molar-refractivity contribution in [1.82, 2.24) is 0 Å². The smallest absolute Gasteiger partial charge is 0.233 e. The van der Waals surface area contributed by atoms with Crippen LogP contribution >= 0.6 is 0 Å². The Bertz CT molecular complexity index is 286. The molecule has 1 aromatic rings. The van der Waals surface area contributed by atoms with Gasteiger partial charge in [-0.15, -0.1) is 0 Å². The number of benzene rings is 1. The molecule has 0 aliphatic heterocycles. The number of rotatable bonds is 6. The summed E-state index contributed by atoms with van der Waals surface area (Å²) in [6.45, 7) is 6.49. The summed E-state index contributed by atoms with van der Waals surface area (Å²) >= 11 is 0. The van der Waals surface area contributed by atoms with Gasteiger partial charge in [-0.25, -0.2) is 0 Å². The van der Waals surface area contributed by atoms with Crippen LogP contribution in [-0.2, 0) is 4.79 Å². The molecule has 0 saturated heterocycles. The molecule has 81 valence electrons. The van der Waals surface area contributed by atoms with E-state index in [1.807, 2.05) is 30.6 Å². The minimum Gasteiger partial charge on any atom is -0.372 e. The predicted octanol–water partition coefficient (Wildman–Crippen LogP) is 2.77. The molecule has 0 amide bonds. The molecule has 1 radical (unpaired) electrons. The molecule has 0 aromatic heterocycles. The first kappa shape index (κ1) is 11.8. The lowest BCUT2D eigenvalue weighted by atomic mass is 10.2. The van der Waals surface area contributed by atoms with Crippen molar-refractivity contribution in [3.63, 3.8) is 0 Å². The normalized spacial score (nSPS) is 10.0. The Morgan fingerprint density at radius 3 is 2.00 bits per heavy atom. The van der Waals surface area contributed by atoms with Crippen molar-refractivity contribution >= 4 is 12.0 Å². The first-order valence-electron chi connectivity index (χ1n) is 5.55. The van der Waals surface area contributed by atoms with Crippen LogP contribution in [0.3, 0.4) is 0 Å². The topological polar surface area (TPSA) is 20.3 Å². The Morgan fingerprint density at radius 1 is 1.07 bits per heavy atom. The third-order valence-electron chi connectivity index (χ3n) is 2.34. The van der Waals surface area contributed by atoms with Crippen LogP contribution in [0.5, 0.6) is 0 Å². The quantitative estimate of drug-likeness (QED) is 0.710. The van der Waals surface area contributed by atoms with Gasteiger partial charge in [0.1, 0.15) is 0 Å². The molecule has 0 aliphatic rings. The van der Waals surface area contributed by atoms with Crippen LogP contribution in [0.4, 0.5) is 5.69 Å². The van der Waals surface area contributed by atoms with E-state index in [2.05, 4.69) is 18.7 Å². The van der Waals surface area contributed by atoms with Gasteiger partial charge < -0.3 is 4.90 Å². The highest BCUT2D eigenvalue weighted by atomic mass is 16.1. The van der Waals surface area contributed by atoms with Crippen molar-refractivity contribution in [3.8, 4) is 0 Å². The summed E-state index contributed by atoms with van der Waals surface area (Å²) in [6.07, 6.45) is 4.17. The van der Waals surface area contributed by atoms with E-state index < -0.39 is 0 Å². The fourth-order valence-corrected chi connectivity index (χ4v) is 1.65. The van der Waals surface area contributed by atoms with Crippen LogP contribution in [0.1, 0.15) is 32.3 Å². The summed E-state index contributed by atoms with van der Waals surface area (Å²) < 4.78 is 0. The van der Waals surface area contributed by atoms with Crippen LogP contribution in [0.2, 0.25) is 0 Å². The van der Waals surface area contributed by atoms with Crippen molar-refractivity contribution in [2.45, 2.75) is 26.7 Å². The zero-order valence-corrected chi connectivity index (χ0v) is 9.49. The number of anilines is 1. The van der Waals surface area contributed by atoms with Gasteiger partial charge in [-0.05, 0) is 37.1 Å². The highest BCUT2D eigenvalue weighted by Gasteiger charge is 2.03. The molecule has 0 bridgehead atoms. The van der Waals surface area contributed by atoms with E-state index in [1.54, 1.807) is 0 Å². The van der Waals surface area contributed by atoms with E-state index in [-0.39, 0.29) is 0 Å². The summed E-state index contributed by atoms with van der Waals surface area (Å²) in [4.78, 5) is 12.7. The molecule has 0 aliphatic carbocycles. The molecule has 0 heterocycles. The van der Waals surface area contributed by atoms with E-state index in [9.17, 15) is 4.79 Å². The molecular formula is C13H18NO. The molecule has 0 N–H and O–H groups in total. The van der Waals surface area contributed by atoms with E-state index >= 15 is 0 Å². The minimum absolute atomic E-state index is 0.617. The largest absolute Gasteiger partial charge is 0.372 e. The lowest BCUT2D eigenvalue weighted by Crippen LogP contribution is -2.24. The fraction of sp³-hybridized carbons (Fsp3) is 0.462. The summed E-state index contributed by atoms with van der Waals surface area (Å²) in [6, 6.07) is 7.62. The Kier molecular flexibility index (Phi) is 4.88. The number of hydrogen-bond acceptors (Lipinski definition) is 2. The molecule has 1 rings (SSSR count). The molecule has 0 unspecified atom stereocenters. The highest BCUT2D eigenvalue weighted by Crippen LogP contribution is 2.15. The van der Waals surface area contributed by atoms with Crippen molar-refractivity contribution in [3.05, 3.63) is 29.8 Å². The Balaban J connectivity index is 2.76. The number of nitrogens with zero attached hydrogens (tertiary/aromatic N) is 1. The van der Waals surface area contributed by atoms with Gasteiger partial charge in [0.2, 0.25) is 6.29 Å². The summed E-state index contributed by atoms with van der Waals surface area (Å²) in [5.41, 5.74) is 1.81. The van der Waals surface area contributed by atoms with Gasteiger partial charge in [-0.2, -0.15) is 0 Å². The van der Waals surface area contributed by atoms with Gasteiger partial charge in [0, 0.05) is 24.3 Å². The molecule has 0 fully saturated rings. The molecule has 2 heteroatoms. The predicted molar refractivity (Wildman–Crippen MR) is 64.0 cm³/mol. The average molecular weight is 204 g/mol. The monoisotopic (exact) mass is 204 g/mol. The third kappa shape index (κ3) is 3.39. The molecular weight excluding hydrogens is 186 g/mol. The van der Waals surface area contributed by atoms with Crippen molar-refractivity contribution in [2.75, 3.05) is 18.0 Å². The first-order chi connectivity index (χ1) is 7.31. The van der Waals surface area contributed by atoms with Crippen LogP contribution < -0.4 is 4.90 Å². The first-order valence-corrected chi connectivity index (χ1v) is 5.55. The van der Waals surface area contributed by atoms with E-state index in [0.29, 0.717) is 5.56 Å². The number of hydrogen-bond donors (Lipinski definition) is 0. The standard InChI is InChI=1S/C13H18NO/c1-3-9-14(10-4-2)13-7-5-12(11-15)6-8-13/h5-8H,3-4,9-10H2,1-2H3. The Hall–Kier alpha value is -1.31. The second-order valence-electron chi connectivity index (χ2n) is 3.64. The second-order valence-corrected chi connectivity index (χ2v) is 3.64. The SMILES string of the molecule is CCCN(CCC)c1ccc([C]=O)cc1. The van der Waals surface area contributed by atoms with Gasteiger partial charge in [-0.1, -0.05) is 13.8 Å².